The van der Waals surface area contributed by atoms with Crippen molar-refractivity contribution in [1.82, 2.24) is 5.32 Å². The molecule has 1 atom stereocenters. The van der Waals surface area contributed by atoms with Gasteiger partial charge in [0.15, 0.2) is 0 Å². The summed E-state index contributed by atoms with van der Waals surface area (Å²) < 4.78 is 0. The lowest BCUT2D eigenvalue weighted by Crippen LogP contribution is -2.28. The number of hydrogen-bond acceptors (Lipinski definition) is 3. The van der Waals surface area contributed by atoms with Gasteiger partial charge in [-0.3, -0.25) is 0 Å². The van der Waals surface area contributed by atoms with E-state index in [1.54, 1.807) is 18.2 Å². The second kappa shape index (κ2) is 4.16. The maximum Gasteiger partial charge on any atom is 0.124 e. The van der Waals surface area contributed by atoms with E-state index in [-0.39, 0.29) is 17.5 Å². The van der Waals surface area contributed by atoms with Crippen LogP contribution in [0.1, 0.15) is 44.2 Å². The molecule has 1 aromatic carbocycles. The Hall–Kier alpha value is -1.22. The molecule has 3 N–H and O–H groups in total. The van der Waals surface area contributed by atoms with Crippen LogP contribution in [0.3, 0.4) is 0 Å². The highest BCUT2D eigenvalue weighted by molar-refractivity contribution is 5.44. The van der Waals surface area contributed by atoms with E-state index in [1.807, 2.05) is 6.92 Å². The predicted octanol–water partition coefficient (Wildman–Crippen LogP) is 2.94. The molecule has 0 amide bonds. The van der Waals surface area contributed by atoms with E-state index in [0.29, 0.717) is 11.0 Å². The van der Waals surface area contributed by atoms with E-state index < -0.39 is 0 Å². The summed E-state index contributed by atoms with van der Waals surface area (Å²) in [6.45, 7) is 3.00. The Balaban J connectivity index is 1.66. The normalized spacial score (nSPS) is 22.7. The van der Waals surface area contributed by atoms with Crippen LogP contribution in [0.2, 0.25) is 0 Å². The van der Waals surface area contributed by atoms with E-state index in [9.17, 15) is 10.2 Å². The lowest BCUT2D eigenvalue weighted by molar-refractivity contribution is 0.367. The van der Waals surface area contributed by atoms with Crippen molar-refractivity contribution >= 4 is 0 Å². The zero-order valence-corrected chi connectivity index (χ0v) is 10.8. The first-order chi connectivity index (χ1) is 8.62. The second-order valence-corrected chi connectivity index (χ2v) is 5.95. The fraction of sp³-hybridized carbons (Fsp3) is 0.600. The Kier molecular flexibility index (Phi) is 2.74. The van der Waals surface area contributed by atoms with Crippen molar-refractivity contribution in [3.05, 3.63) is 23.8 Å². The van der Waals surface area contributed by atoms with Gasteiger partial charge in [-0.1, -0.05) is 6.07 Å². The number of rotatable bonds is 5. The summed E-state index contributed by atoms with van der Waals surface area (Å²) in [5.41, 5.74) is 1.15. The zero-order chi connectivity index (χ0) is 12.8. The highest BCUT2D eigenvalue weighted by Gasteiger charge is 2.53. The molecule has 1 aromatic rings. The fourth-order valence-electron chi connectivity index (χ4n) is 3.03. The van der Waals surface area contributed by atoms with Gasteiger partial charge in [0.05, 0.1) is 5.56 Å². The Morgan fingerprint density at radius 2 is 1.89 bits per heavy atom. The van der Waals surface area contributed by atoms with Crippen molar-refractivity contribution in [3.8, 4) is 11.5 Å². The van der Waals surface area contributed by atoms with Crippen LogP contribution in [0.25, 0.3) is 0 Å². The van der Waals surface area contributed by atoms with Crippen LogP contribution >= 0.6 is 0 Å². The average Bonchev–Trinajstić information content (AvgIpc) is 3.18. The van der Waals surface area contributed by atoms with Gasteiger partial charge in [-0.25, -0.2) is 0 Å². The van der Waals surface area contributed by atoms with Crippen molar-refractivity contribution in [2.75, 3.05) is 6.54 Å². The van der Waals surface area contributed by atoms with Crippen molar-refractivity contribution < 1.29 is 10.2 Å². The molecule has 2 aliphatic carbocycles. The molecule has 2 aliphatic rings. The number of phenols is 2. The Morgan fingerprint density at radius 1 is 1.28 bits per heavy atom. The molecule has 0 aromatic heterocycles. The first kappa shape index (κ1) is 11.8. The molecule has 0 saturated heterocycles. The molecule has 0 radical (unpaired) electrons. The minimum absolute atomic E-state index is 0.0116. The Morgan fingerprint density at radius 3 is 2.39 bits per heavy atom. The molecule has 2 saturated carbocycles. The molecule has 1 unspecified atom stereocenters. The number of aromatic hydroxyl groups is 2. The van der Waals surface area contributed by atoms with Crippen LogP contribution in [0.5, 0.6) is 11.5 Å². The van der Waals surface area contributed by atoms with Crippen LogP contribution in [-0.4, -0.2) is 16.8 Å². The highest BCUT2D eigenvalue weighted by Crippen LogP contribution is 2.61. The maximum atomic E-state index is 9.83. The lowest BCUT2D eigenvalue weighted by atomic mass is 9.99. The van der Waals surface area contributed by atoms with E-state index in [0.717, 1.165) is 12.5 Å². The Labute approximate surface area is 108 Å². The molecular weight excluding hydrogens is 226 g/mol. The van der Waals surface area contributed by atoms with Crippen LogP contribution in [0, 0.1) is 11.3 Å². The molecule has 18 heavy (non-hydrogen) atoms. The van der Waals surface area contributed by atoms with Crippen LogP contribution < -0.4 is 5.32 Å². The second-order valence-electron chi connectivity index (χ2n) is 5.95. The monoisotopic (exact) mass is 247 g/mol. The largest absolute Gasteiger partial charge is 0.507 e. The topological polar surface area (TPSA) is 52.5 Å². The minimum Gasteiger partial charge on any atom is -0.507 e. The van der Waals surface area contributed by atoms with Crippen molar-refractivity contribution in [1.29, 1.82) is 0 Å². The number of nitrogens with one attached hydrogen (secondary N) is 1. The van der Waals surface area contributed by atoms with Crippen LogP contribution in [0.4, 0.5) is 0 Å². The summed E-state index contributed by atoms with van der Waals surface area (Å²) in [6.07, 6.45) is 5.45. The third-order valence-electron chi connectivity index (χ3n) is 4.59. The van der Waals surface area contributed by atoms with Gasteiger partial charge in [-0.2, -0.15) is 0 Å². The van der Waals surface area contributed by atoms with E-state index >= 15 is 0 Å². The summed E-state index contributed by atoms with van der Waals surface area (Å²) in [5, 5.41) is 23.1. The molecular formula is C15H21NO2. The summed E-state index contributed by atoms with van der Waals surface area (Å²) >= 11 is 0. The van der Waals surface area contributed by atoms with E-state index in [1.165, 1.54) is 25.7 Å². The molecule has 0 heterocycles. The SMILES string of the molecule is CC(NCC1(C2CC2)CC1)c1c(O)cccc1O. The Bertz CT molecular complexity index is 430. The van der Waals surface area contributed by atoms with E-state index in [4.69, 9.17) is 0 Å². The van der Waals surface area contributed by atoms with Gasteiger partial charge in [-0.05, 0) is 56.1 Å². The molecule has 98 valence electrons. The van der Waals surface area contributed by atoms with Gasteiger partial charge in [0.2, 0.25) is 0 Å². The van der Waals surface area contributed by atoms with Gasteiger partial charge in [0.1, 0.15) is 11.5 Å². The molecule has 0 bridgehead atoms. The first-order valence-corrected chi connectivity index (χ1v) is 6.87. The van der Waals surface area contributed by atoms with Crippen LogP contribution in [0.15, 0.2) is 18.2 Å². The summed E-state index contributed by atoms with van der Waals surface area (Å²) in [6, 6.07) is 4.90. The number of benzene rings is 1. The van der Waals surface area contributed by atoms with Gasteiger partial charge in [0.25, 0.3) is 0 Å². The molecule has 2 fully saturated rings. The number of hydrogen-bond donors (Lipinski definition) is 3. The first-order valence-electron chi connectivity index (χ1n) is 6.87. The van der Waals surface area contributed by atoms with Gasteiger partial charge in [0, 0.05) is 12.6 Å². The molecule has 3 nitrogen and oxygen atoms in total. The minimum atomic E-state index is -0.0116. The number of phenolic OH excluding ortho intramolecular Hbond substituents is 2. The smallest absolute Gasteiger partial charge is 0.124 e. The zero-order valence-electron chi connectivity index (χ0n) is 10.8. The van der Waals surface area contributed by atoms with Crippen LogP contribution in [-0.2, 0) is 0 Å². The third kappa shape index (κ3) is 2.07. The summed E-state index contributed by atoms with van der Waals surface area (Å²) in [4.78, 5) is 0. The summed E-state index contributed by atoms with van der Waals surface area (Å²) in [5.74, 6) is 1.27. The van der Waals surface area contributed by atoms with Gasteiger partial charge >= 0.3 is 0 Å². The summed E-state index contributed by atoms with van der Waals surface area (Å²) in [7, 11) is 0. The molecule has 3 heteroatoms. The van der Waals surface area contributed by atoms with Gasteiger partial charge in [-0.15, -0.1) is 0 Å². The quantitative estimate of drug-likeness (QED) is 0.750. The standard InChI is InChI=1S/C15H21NO2/c1-10(14-12(17)3-2-4-13(14)18)16-9-15(7-8-15)11-5-6-11/h2-4,10-11,16-18H,5-9H2,1H3. The average molecular weight is 247 g/mol. The molecule has 0 spiro atoms. The maximum absolute atomic E-state index is 9.83. The van der Waals surface area contributed by atoms with Crippen molar-refractivity contribution in [2.45, 2.75) is 38.6 Å². The van der Waals surface area contributed by atoms with Crippen molar-refractivity contribution in [2.24, 2.45) is 11.3 Å². The molecule has 3 rings (SSSR count). The molecule has 0 aliphatic heterocycles. The highest BCUT2D eigenvalue weighted by atomic mass is 16.3. The lowest BCUT2D eigenvalue weighted by Gasteiger charge is -2.21. The third-order valence-corrected chi connectivity index (χ3v) is 4.59. The van der Waals surface area contributed by atoms with Crippen molar-refractivity contribution in [3.63, 3.8) is 0 Å². The fourth-order valence-corrected chi connectivity index (χ4v) is 3.03. The predicted molar refractivity (Wildman–Crippen MR) is 70.6 cm³/mol. The van der Waals surface area contributed by atoms with E-state index in [2.05, 4.69) is 5.32 Å². The van der Waals surface area contributed by atoms with Gasteiger partial charge < -0.3 is 15.5 Å².